The second kappa shape index (κ2) is 12.6. The van der Waals surface area contributed by atoms with Crippen molar-refractivity contribution < 1.29 is 19.0 Å². The summed E-state index contributed by atoms with van der Waals surface area (Å²) in [5, 5.41) is 10.8. The minimum atomic E-state index is -0.348. The van der Waals surface area contributed by atoms with E-state index in [1.165, 1.54) is 0 Å². The lowest BCUT2D eigenvalue weighted by molar-refractivity contribution is -0.121. The minimum Gasteiger partial charge on any atom is -0.491 e. The summed E-state index contributed by atoms with van der Waals surface area (Å²) < 4.78 is 15.7. The number of carbonyl (C=O) groups excluding carboxylic acids is 1. The molecule has 0 saturated heterocycles. The first-order chi connectivity index (χ1) is 14.1. The molecule has 2 aromatic rings. The number of H-pyrrole nitrogens is 1. The van der Waals surface area contributed by atoms with Crippen molar-refractivity contribution in [2.45, 2.75) is 26.2 Å². The number of hydrogen-bond donors (Lipinski definition) is 2. The zero-order valence-electron chi connectivity index (χ0n) is 16.9. The van der Waals surface area contributed by atoms with Crippen LogP contribution in [-0.2, 0) is 20.7 Å². The summed E-state index contributed by atoms with van der Waals surface area (Å²) in [5.41, 5.74) is 0.602. The molecule has 0 unspecified atom stereocenters. The van der Waals surface area contributed by atoms with Crippen molar-refractivity contribution in [3.63, 3.8) is 0 Å². The Morgan fingerprint density at radius 2 is 1.93 bits per heavy atom. The first kappa shape index (κ1) is 22.5. The van der Waals surface area contributed by atoms with E-state index in [2.05, 4.69) is 20.5 Å². The van der Waals surface area contributed by atoms with Gasteiger partial charge in [-0.15, -0.1) is 10.2 Å². The van der Waals surface area contributed by atoms with Gasteiger partial charge in [-0.05, 0) is 37.6 Å². The molecule has 0 aliphatic heterocycles. The number of aryl methyl sites for hydroxylation is 1. The Balaban J connectivity index is 1.87. The molecule has 0 spiro atoms. The smallest absolute Gasteiger partial charge is 0.273 e. The Hall–Kier alpha value is -2.78. The molecule has 158 valence electrons. The summed E-state index contributed by atoms with van der Waals surface area (Å²) in [6.45, 7) is 4.72. The molecule has 29 heavy (non-hydrogen) atoms. The molecule has 0 saturated carbocycles. The number of aromatic nitrogens is 3. The first-order valence-corrected chi connectivity index (χ1v) is 9.66. The van der Waals surface area contributed by atoms with E-state index in [-0.39, 0.29) is 30.0 Å². The SMILES string of the molecule is CCOCCOc1ccc(-c2nnc(CCC(=O)NCCCOC)c(=O)[nH]2)cc1. The summed E-state index contributed by atoms with van der Waals surface area (Å²) >= 11 is 0. The second-order valence-electron chi connectivity index (χ2n) is 6.22. The summed E-state index contributed by atoms with van der Waals surface area (Å²) in [7, 11) is 1.61. The van der Waals surface area contributed by atoms with Crippen molar-refractivity contribution in [2.75, 3.05) is 40.1 Å². The number of aromatic amines is 1. The predicted octanol–water partition coefficient (Wildman–Crippen LogP) is 1.33. The fraction of sp³-hybridized carbons (Fsp3) is 0.500. The van der Waals surface area contributed by atoms with Gasteiger partial charge >= 0.3 is 0 Å². The van der Waals surface area contributed by atoms with Crippen molar-refractivity contribution in [1.82, 2.24) is 20.5 Å². The van der Waals surface area contributed by atoms with Crippen molar-refractivity contribution >= 4 is 5.91 Å². The molecule has 9 nitrogen and oxygen atoms in total. The number of benzene rings is 1. The van der Waals surface area contributed by atoms with E-state index in [0.29, 0.717) is 50.1 Å². The molecule has 1 heterocycles. The van der Waals surface area contributed by atoms with Crippen molar-refractivity contribution in [2.24, 2.45) is 0 Å². The zero-order chi connectivity index (χ0) is 20.9. The van der Waals surface area contributed by atoms with Gasteiger partial charge in [0.05, 0.1) is 6.61 Å². The van der Waals surface area contributed by atoms with Crippen molar-refractivity contribution in [1.29, 1.82) is 0 Å². The van der Waals surface area contributed by atoms with Crippen LogP contribution in [0, 0.1) is 0 Å². The van der Waals surface area contributed by atoms with E-state index in [1.807, 2.05) is 6.92 Å². The van der Waals surface area contributed by atoms with Crippen LogP contribution >= 0.6 is 0 Å². The lowest BCUT2D eigenvalue weighted by atomic mass is 10.2. The van der Waals surface area contributed by atoms with Gasteiger partial charge in [0.2, 0.25) is 5.91 Å². The normalized spacial score (nSPS) is 10.7. The topological polar surface area (TPSA) is 115 Å². The Labute approximate surface area is 169 Å². The molecule has 0 radical (unpaired) electrons. The monoisotopic (exact) mass is 404 g/mol. The van der Waals surface area contributed by atoms with Crippen LogP contribution in [0.3, 0.4) is 0 Å². The maximum atomic E-state index is 12.3. The number of nitrogens with one attached hydrogen (secondary N) is 2. The molecule has 1 aromatic heterocycles. The van der Waals surface area contributed by atoms with Gasteiger partial charge in [-0.2, -0.15) is 0 Å². The second-order valence-corrected chi connectivity index (χ2v) is 6.22. The molecule has 0 atom stereocenters. The molecular weight excluding hydrogens is 376 g/mol. The molecule has 2 rings (SSSR count). The summed E-state index contributed by atoms with van der Waals surface area (Å²) in [6.07, 6.45) is 1.15. The number of amides is 1. The van der Waals surface area contributed by atoms with Crippen LogP contribution in [-0.4, -0.2) is 61.2 Å². The van der Waals surface area contributed by atoms with E-state index in [9.17, 15) is 9.59 Å². The number of nitrogens with zero attached hydrogens (tertiary/aromatic N) is 2. The lowest BCUT2D eigenvalue weighted by Crippen LogP contribution is -2.27. The average molecular weight is 404 g/mol. The summed E-state index contributed by atoms with van der Waals surface area (Å²) in [6, 6.07) is 7.18. The highest BCUT2D eigenvalue weighted by atomic mass is 16.5. The molecule has 2 N–H and O–H groups in total. The third kappa shape index (κ3) is 8.00. The van der Waals surface area contributed by atoms with E-state index in [4.69, 9.17) is 14.2 Å². The quantitative estimate of drug-likeness (QED) is 0.484. The van der Waals surface area contributed by atoms with Gasteiger partial charge in [0.15, 0.2) is 5.82 Å². The van der Waals surface area contributed by atoms with Crippen molar-refractivity contribution in [3.8, 4) is 17.1 Å². The van der Waals surface area contributed by atoms with Crippen LogP contribution in [0.1, 0.15) is 25.5 Å². The highest BCUT2D eigenvalue weighted by Gasteiger charge is 2.09. The molecule has 0 fully saturated rings. The summed E-state index contributed by atoms with van der Waals surface area (Å²) in [5.74, 6) is 0.937. The fourth-order valence-corrected chi connectivity index (χ4v) is 2.49. The Kier molecular flexibility index (Phi) is 9.81. The van der Waals surface area contributed by atoms with E-state index in [1.54, 1.807) is 31.4 Å². The summed E-state index contributed by atoms with van der Waals surface area (Å²) in [4.78, 5) is 26.8. The van der Waals surface area contributed by atoms with Gasteiger partial charge in [0.25, 0.3) is 5.56 Å². The minimum absolute atomic E-state index is 0.133. The lowest BCUT2D eigenvalue weighted by Gasteiger charge is -2.07. The molecule has 0 aliphatic rings. The largest absolute Gasteiger partial charge is 0.491 e. The maximum Gasteiger partial charge on any atom is 0.273 e. The highest BCUT2D eigenvalue weighted by molar-refractivity contribution is 5.76. The predicted molar refractivity (Wildman–Crippen MR) is 108 cm³/mol. The van der Waals surface area contributed by atoms with Crippen LogP contribution in [0.25, 0.3) is 11.4 Å². The number of hydrogen-bond acceptors (Lipinski definition) is 7. The highest BCUT2D eigenvalue weighted by Crippen LogP contribution is 2.18. The Morgan fingerprint density at radius 3 is 2.62 bits per heavy atom. The van der Waals surface area contributed by atoms with Gasteiger partial charge < -0.3 is 24.5 Å². The number of ether oxygens (including phenoxy) is 3. The number of carbonyl (C=O) groups is 1. The van der Waals surface area contributed by atoms with Crippen LogP contribution in [0.4, 0.5) is 0 Å². The molecule has 1 aromatic carbocycles. The van der Waals surface area contributed by atoms with Gasteiger partial charge in [-0.25, -0.2) is 0 Å². The van der Waals surface area contributed by atoms with E-state index >= 15 is 0 Å². The maximum absolute atomic E-state index is 12.3. The van der Waals surface area contributed by atoms with Crippen LogP contribution in [0.2, 0.25) is 0 Å². The van der Waals surface area contributed by atoms with Gasteiger partial charge in [-0.3, -0.25) is 9.59 Å². The fourth-order valence-electron chi connectivity index (χ4n) is 2.49. The molecule has 0 aliphatic carbocycles. The molecule has 0 bridgehead atoms. The zero-order valence-corrected chi connectivity index (χ0v) is 16.9. The molecule has 1 amide bonds. The van der Waals surface area contributed by atoms with E-state index < -0.39 is 0 Å². The standard InChI is InChI=1S/C20H28N4O5/c1-3-28-13-14-29-16-7-5-15(6-8-16)19-22-20(26)17(23-24-19)9-10-18(25)21-11-4-12-27-2/h5-8H,3-4,9-14H2,1-2H3,(H,21,25)(H,22,24,26). The average Bonchev–Trinajstić information content (AvgIpc) is 2.74. The Morgan fingerprint density at radius 1 is 1.14 bits per heavy atom. The van der Waals surface area contributed by atoms with Gasteiger partial charge in [-0.1, -0.05) is 0 Å². The molecule has 9 heteroatoms. The van der Waals surface area contributed by atoms with E-state index in [0.717, 1.165) is 6.42 Å². The Bertz CT molecular complexity index is 807. The van der Waals surface area contributed by atoms with Crippen LogP contribution in [0.5, 0.6) is 5.75 Å². The third-order valence-corrected chi connectivity index (χ3v) is 4.03. The molecular formula is C20H28N4O5. The van der Waals surface area contributed by atoms with Crippen molar-refractivity contribution in [3.05, 3.63) is 40.3 Å². The number of rotatable bonds is 13. The first-order valence-electron chi connectivity index (χ1n) is 9.66. The van der Waals surface area contributed by atoms with Crippen LogP contribution in [0.15, 0.2) is 29.1 Å². The van der Waals surface area contributed by atoms with Gasteiger partial charge in [0, 0.05) is 45.3 Å². The third-order valence-electron chi connectivity index (χ3n) is 4.03. The van der Waals surface area contributed by atoms with Crippen LogP contribution < -0.4 is 15.6 Å². The number of methoxy groups -OCH3 is 1. The van der Waals surface area contributed by atoms with Gasteiger partial charge in [0.1, 0.15) is 18.1 Å².